The summed E-state index contributed by atoms with van der Waals surface area (Å²) in [6, 6.07) is 7.65. The average molecular weight is 373 g/mol. The molecule has 0 radical (unpaired) electrons. The molecule has 0 aliphatic rings. The quantitative estimate of drug-likeness (QED) is 0.475. The highest BCUT2D eigenvalue weighted by molar-refractivity contribution is 7.99. The maximum atomic E-state index is 12.3. The Bertz CT molecular complexity index is 803. The molecule has 1 aromatic heterocycles. The summed E-state index contributed by atoms with van der Waals surface area (Å²) in [4.78, 5) is 32.8. The molecule has 1 unspecified atom stereocenters. The van der Waals surface area contributed by atoms with Crippen molar-refractivity contribution in [1.82, 2.24) is 9.97 Å². The molecule has 26 heavy (non-hydrogen) atoms. The minimum Gasteiger partial charge on any atom is -0.452 e. The van der Waals surface area contributed by atoms with E-state index in [4.69, 9.17) is 4.74 Å². The van der Waals surface area contributed by atoms with E-state index in [1.54, 1.807) is 6.92 Å². The zero-order chi connectivity index (χ0) is 19.3. The number of rotatable bonds is 6. The Kier molecular flexibility index (Phi) is 6.74. The zero-order valence-corrected chi connectivity index (χ0v) is 16.4. The van der Waals surface area contributed by atoms with Crippen LogP contribution in [0.25, 0.3) is 0 Å². The molecular formula is C19H23N3O3S. The van der Waals surface area contributed by atoms with E-state index in [1.807, 2.05) is 52.0 Å². The molecule has 6 nitrogen and oxygen atoms in total. The van der Waals surface area contributed by atoms with Crippen LogP contribution in [0, 0.1) is 27.7 Å². The van der Waals surface area contributed by atoms with Gasteiger partial charge in [0.15, 0.2) is 11.3 Å². The average Bonchev–Trinajstić information content (AvgIpc) is 2.55. The van der Waals surface area contributed by atoms with Gasteiger partial charge in [0.1, 0.15) is 0 Å². The maximum absolute atomic E-state index is 12.3. The Hall–Kier alpha value is -2.41. The monoisotopic (exact) mass is 373 g/mol. The van der Waals surface area contributed by atoms with Crippen molar-refractivity contribution in [3.05, 3.63) is 46.8 Å². The number of anilines is 1. The lowest BCUT2D eigenvalue weighted by Gasteiger charge is -2.15. The van der Waals surface area contributed by atoms with E-state index < -0.39 is 12.1 Å². The molecule has 7 heteroatoms. The Balaban J connectivity index is 1.87. The van der Waals surface area contributed by atoms with Crippen molar-refractivity contribution in [2.75, 3.05) is 11.1 Å². The number of amides is 1. The first kappa shape index (κ1) is 19.9. The Morgan fingerprint density at radius 3 is 2.42 bits per heavy atom. The summed E-state index contributed by atoms with van der Waals surface area (Å²) < 4.78 is 5.21. The van der Waals surface area contributed by atoms with Crippen LogP contribution in [-0.4, -0.2) is 33.7 Å². The van der Waals surface area contributed by atoms with E-state index in [0.717, 1.165) is 28.2 Å². The molecular weight excluding hydrogens is 350 g/mol. The number of thioether (sulfide) groups is 1. The van der Waals surface area contributed by atoms with Crippen LogP contribution < -0.4 is 5.32 Å². The topological polar surface area (TPSA) is 81.2 Å². The van der Waals surface area contributed by atoms with Gasteiger partial charge in [0, 0.05) is 17.1 Å². The van der Waals surface area contributed by atoms with E-state index >= 15 is 0 Å². The minimum absolute atomic E-state index is 0.0456. The van der Waals surface area contributed by atoms with Crippen LogP contribution in [0.4, 0.5) is 5.69 Å². The normalized spacial score (nSPS) is 11.7. The number of carbonyl (C=O) groups excluding carboxylic acids is 2. The second-order valence-electron chi connectivity index (χ2n) is 6.16. The van der Waals surface area contributed by atoms with Crippen molar-refractivity contribution < 1.29 is 14.3 Å². The molecule has 0 spiro atoms. The Labute approximate surface area is 157 Å². The SMILES string of the molecule is Cc1ccc(C)c(NC(=O)C(C)OC(=O)CSc2nc(C)cc(C)n2)c1. The molecule has 2 rings (SSSR count). The predicted octanol–water partition coefficient (Wildman–Crippen LogP) is 3.37. The van der Waals surface area contributed by atoms with E-state index in [0.29, 0.717) is 5.16 Å². The zero-order valence-electron chi connectivity index (χ0n) is 15.6. The third-order valence-corrected chi connectivity index (χ3v) is 4.43. The van der Waals surface area contributed by atoms with Crippen molar-refractivity contribution in [2.24, 2.45) is 0 Å². The fraction of sp³-hybridized carbons (Fsp3) is 0.368. The van der Waals surface area contributed by atoms with Crippen molar-refractivity contribution in [1.29, 1.82) is 0 Å². The summed E-state index contributed by atoms with van der Waals surface area (Å²) in [5, 5.41) is 3.32. The predicted molar refractivity (Wildman–Crippen MR) is 102 cm³/mol. The van der Waals surface area contributed by atoms with Gasteiger partial charge in [0.25, 0.3) is 5.91 Å². The summed E-state index contributed by atoms with van der Waals surface area (Å²) >= 11 is 1.19. The molecule has 1 N–H and O–H groups in total. The van der Waals surface area contributed by atoms with E-state index in [2.05, 4.69) is 15.3 Å². The molecule has 138 valence electrons. The van der Waals surface area contributed by atoms with Crippen LogP contribution in [0.1, 0.15) is 29.4 Å². The lowest BCUT2D eigenvalue weighted by atomic mass is 10.1. The molecule has 0 aliphatic heterocycles. The number of nitrogens with zero attached hydrogens (tertiary/aromatic N) is 2. The Morgan fingerprint density at radius 1 is 1.12 bits per heavy atom. The third-order valence-electron chi connectivity index (χ3n) is 3.61. The number of aryl methyl sites for hydroxylation is 4. The number of hydrogen-bond donors (Lipinski definition) is 1. The summed E-state index contributed by atoms with van der Waals surface area (Å²) in [6.45, 7) is 9.15. The van der Waals surface area contributed by atoms with Crippen LogP contribution in [0.15, 0.2) is 29.4 Å². The van der Waals surface area contributed by atoms with E-state index in [9.17, 15) is 9.59 Å². The summed E-state index contributed by atoms with van der Waals surface area (Å²) in [7, 11) is 0. The van der Waals surface area contributed by atoms with Crippen LogP contribution in [0.3, 0.4) is 0 Å². The maximum Gasteiger partial charge on any atom is 0.317 e. The first-order chi connectivity index (χ1) is 12.2. The second-order valence-corrected chi connectivity index (χ2v) is 7.10. The van der Waals surface area contributed by atoms with Crippen molar-refractivity contribution in [2.45, 2.75) is 45.9 Å². The van der Waals surface area contributed by atoms with E-state index in [1.165, 1.54) is 11.8 Å². The minimum atomic E-state index is -0.886. The summed E-state index contributed by atoms with van der Waals surface area (Å²) in [5.74, 6) is -0.801. The number of esters is 1. The molecule has 1 aromatic carbocycles. The molecule has 2 aromatic rings. The smallest absolute Gasteiger partial charge is 0.317 e. The summed E-state index contributed by atoms with van der Waals surface area (Å²) in [5.41, 5.74) is 4.39. The molecule has 0 bridgehead atoms. The van der Waals surface area contributed by atoms with Crippen molar-refractivity contribution in [3.63, 3.8) is 0 Å². The molecule has 1 amide bonds. The van der Waals surface area contributed by atoms with Gasteiger partial charge in [0.05, 0.1) is 5.75 Å². The fourth-order valence-electron chi connectivity index (χ4n) is 2.27. The number of carbonyl (C=O) groups is 2. The lowest BCUT2D eigenvalue weighted by Crippen LogP contribution is -2.30. The standard InChI is InChI=1S/C19H23N3O3S/c1-11-6-7-12(2)16(8-11)22-18(24)15(5)25-17(23)10-26-19-20-13(3)9-14(4)21-19/h6-9,15H,10H2,1-5H3,(H,22,24). The number of nitrogens with one attached hydrogen (secondary N) is 1. The molecule has 1 atom stereocenters. The van der Waals surface area contributed by atoms with Crippen LogP contribution in [-0.2, 0) is 14.3 Å². The number of ether oxygens (including phenoxy) is 1. The second kappa shape index (κ2) is 8.80. The lowest BCUT2D eigenvalue weighted by molar-refractivity contribution is -0.150. The highest BCUT2D eigenvalue weighted by Crippen LogP contribution is 2.17. The van der Waals surface area contributed by atoms with Crippen molar-refractivity contribution >= 4 is 29.3 Å². The molecule has 0 saturated heterocycles. The fourth-order valence-corrected chi connectivity index (χ4v) is 3.00. The molecule has 0 saturated carbocycles. The Morgan fingerprint density at radius 2 is 1.77 bits per heavy atom. The van der Waals surface area contributed by atoms with Gasteiger partial charge in [0.2, 0.25) is 0 Å². The van der Waals surface area contributed by atoms with Gasteiger partial charge in [-0.15, -0.1) is 0 Å². The third kappa shape index (κ3) is 5.84. The highest BCUT2D eigenvalue weighted by Gasteiger charge is 2.19. The van der Waals surface area contributed by atoms with Gasteiger partial charge < -0.3 is 10.1 Å². The first-order valence-corrected chi connectivity index (χ1v) is 9.26. The van der Waals surface area contributed by atoms with E-state index in [-0.39, 0.29) is 11.7 Å². The number of benzene rings is 1. The van der Waals surface area contributed by atoms with Crippen LogP contribution in [0.2, 0.25) is 0 Å². The first-order valence-electron chi connectivity index (χ1n) is 8.27. The van der Waals surface area contributed by atoms with Gasteiger partial charge in [-0.25, -0.2) is 9.97 Å². The number of hydrogen-bond acceptors (Lipinski definition) is 6. The van der Waals surface area contributed by atoms with Gasteiger partial charge in [-0.1, -0.05) is 23.9 Å². The largest absolute Gasteiger partial charge is 0.452 e. The van der Waals surface area contributed by atoms with Gasteiger partial charge >= 0.3 is 5.97 Å². The highest BCUT2D eigenvalue weighted by atomic mass is 32.2. The van der Waals surface area contributed by atoms with Gasteiger partial charge in [-0.2, -0.15) is 0 Å². The van der Waals surface area contributed by atoms with Crippen LogP contribution >= 0.6 is 11.8 Å². The van der Waals surface area contributed by atoms with Gasteiger partial charge in [-0.05, 0) is 57.9 Å². The summed E-state index contributed by atoms with van der Waals surface area (Å²) in [6.07, 6.45) is -0.886. The van der Waals surface area contributed by atoms with Crippen molar-refractivity contribution in [3.8, 4) is 0 Å². The van der Waals surface area contributed by atoms with Crippen LogP contribution in [0.5, 0.6) is 0 Å². The number of aromatic nitrogens is 2. The molecule has 0 fully saturated rings. The molecule has 0 aliphatic carbocycles. The molecule has 1 heterocycles. The van der Waals surface area contributed by atoms with Gasteiger partial charge in [-0.3, -0.25) is 9.59 Å².